The molecule has 3 aromatic rings. The smallest absolute Gasteiger partial charge is 0.183 e. The lowest BCUT2D eigenvalue weighted by atomic mass is 10.1. The number of nitrogens with zero attached hydrogens (tertiary/aromatic N) is 1. The minimum atomic E-state index is 0.933. The van der Waals surface area contributed by atoms with Gasteiger partial charge in [0.05, 0.1) is 5.69 Å². The van der Waals surface area contributed by atoms with Crippen molar-refractivity contribution < 1.29 is 0 Å². The summed E-state index contributed by atoms with van der Waals surface area (Å²) >= 11 is 3.53. The highest BCUT2D eigenvalue weighted by molar-refractivity contribution is 7.17. The molecule has 2 heterocycles. The Bertz CT molecular complexity index is 678. The third-order valence-electron chi connectivity index (χ3n) is 3.24. The molecule has 2 aromatic heterocycles. The number of benzene rings is 1. The second-order valence-electron chi connectivity index (χ2n) is 4.63. The SMILES string of the molecule is Cc1nc(NCCc2ccc3sccc3c2)sc1C. The highest BCUT2D eigenvalue weighted by atomic mass is 32.1. The van der Waals surface area contributed by atoms with Crippen LogP contribution in [0.4, 0.5) is 5.13 Å². The molecular formula is C15H16N2S2. The maximum atomic E-state index is 4.49. The Morgan fingerprint density at radius 3 is 2.89 bits per heavy atom. The van der Waals surface area contributed by atoms with Crippen LogP contribution in [0.1, 0.15) is 16.1 Å². The van der Waals surface area contributed by atoms with Crippen LogP contribution in [0, 0.1) is 13.8 Å². The number of hydrogen-bond donors (Lipinski definition) is 1. The molecule has 0 radical (unpaired) electrons. The minimum absolute atomic E-state index is 0.933. The third kappa shape index (κ3) is 2.80. The molecule has 0 saturated carbocycles. The van der Waals surface area contributed by atoms with E-state index in [1.807, 2.05) is 0 Å². The van der Waals surface area contributed by atoms with Crippen LogP contribution in [0.2, 0.25) is 0 Å². The van der Waals surface area contributed by atoms with Crippen molar-refractivity contribution in [3.05, 3.63) is 45.8 Å². The van der Waals surface area contributed by atoms with Gasteiger partial charge in [0, 0.05) is 16.1 Å². The number of fused-ring (bicyclic) bond motifs is 1. The predicted octanol–water partition coefficient (Wildman–Crippen LogP) is 4.63. The Labute approximate surface area is 121 Å². The summed E-state index contributed by atoms with van der Waals surface area (Å²) in [5.74, 6) is 0. The second-order valence-corrected chi connectivity index (χ2v) is 6.78. The molecule has 1 aromatic carbocycles. The Hall–Kier alpha value is -1.39. The van der Waals surface area contributed by atoms with E-state index in [1.54, 1.807) is 22.7 Å². The molecule has 0 aliphatic heterocycles. The summed E-state index contributed by atoms with van der Waals surface area (Å²) in [6.07, 6.45) is 1.03. The van der Waals surface area contributed by atoms with Gasteiger partial charge in [-0.15, -0.1) is 22.7 Å². The highest BCUT2D eigenvalue weighted by Crippen LogP contribution is 2.23. The molecule has 19 heavy (non-hydrogen) atoms. The zero-order valence-corrected chi connectivity index (χ0v) is 12.7. The van der Waals surface area contributed by atoms with Crippen LogP contribution in [0.15, 0.2) is 29.6 Å². The fraction of sp³-hybridized carbons (Fsp3) is 0.267. The number of nitrogens with one attached hydrogen (secondary N) is 1. The van der Waals surface area contributed by atoms with E-state index in [-0.39, 0.29) is 0 Å². The van der Waals surface area contributed by atoms with E-state index in [0.29, 0.717) is 0 Å². The quantitative estimate of drug-likeness (QED) is 0.757. The van der Waals surface area contributed by atoms with Crippen molar-refractivity contribution in [1.29, 1.82) is 0 Å². The van der Waals surface area contributed by atoms with E-state index in [0.717, 1.165) is 23.8 Å². The van der Waals surface area contributed by atoms with Gasteiger partial charge in [0.15, 0.2) is 5.13 Å². The van der Waals surface area contributed by atoms with Gasteiger partial charge in [0.1, 0.15) is 0 Å². The first kappa shape index (κ1) is 12.6. The average Bonchev–Trinajstić information content (AvgIpc) is 2.96. The molecule has 4 heteroatoms. The number of rotatable bonds is 4. The summed E-state index contributed by atoms with van der Waals surface area (Å²) in [6.45, 7) is 5.10. The molecule has 0 spiro atoms. The first-order valence-corrected chi connectivity index (χ1v) is 8.06. The molecule has 0 bridgehead atoms. The van der Waals surface area contributed by atoms with Crippen molar-refractivity contribution in [2.75, 3.05) is 11.9 Å². The summed E-state index contributed by atoms with van der Waals surface area (Å²) < 4.78 is 1.36. The van der Waals surface area contributed by atoms with Gasteiger partial charge in [-0.3, -0.25) is 0 Å². The van der Waals surface area contributed by atoms with E-state index in [4.69, 9.17) is 0 Å². The van der Waals surface area contributed by atoms with Gasteiger partial charge in [-0.05, 0) is 48.7 Å². The molecule has 0 fully saturated rings. The van der Waals surface area contributed by atoms with Crippen LogP contribution in [-0.2, 0) is 6.42 Å². The summed E-state index contributed by atoms with van der Waals surface area (Å²) in [4.78, 5) is 5.79. The van der Waals surface area contributed by atoms with Crippen LogP contribution < -0.4 is 5.32 Å². The van der Waals surface area contributed by atoms with Gasteiger partial charge in [-0.25, -0.2) is 4.98 Å². The van der Waals surface area contributed by atoms with Gasteiger partial charge < -0.3 is 5.32 Å². The molecule has 1 N–H and O–H groups in total. The lowest BCUT2D eigenvalue weighted by Gasteiger charge is -2.03. The minimum Gasteiger partial charge on any atom is -0.361 e. The van der Waals surface area contributed by atoms with Crippen LogP contribution in [0.5, 0.6) is 0 Å². The van der Waals surface area contributed by atoms with E-state index < -0.39 is 0 Å². The number of hydrogen-bond acceptors (Lipinski definition) is 4. The zero-order chi connectivity index (χ0) is 13.2. The molecule has 0 saturated heterocycles. The average molecular weight is 288 g/mol. The maximum Gasteiger partial charge on any atom is 0.183 e. The zero-order valence-electron chi connectivity index (χ0n) is 11.1. The Balaban J connectivity index is 1.62. The topological polar surface area (TPSA) is 24.9 Å². The molecule has 98 valence electrons. The summed E-state index contributed by atoms with van der Waals surface area (Å²) in [5.41, 5.74) is 2.51. The monoisotopic (exact) mass is 288 g/mol. The molecule has 3 rings (SSSR count). The normalized spacial score (nSPS) is 11.1. The molecule has 0 aliphatic carbocycles. The predicted molar refractivity (Wildman–Crippen MR) is 85.6 cm³/mol. The maximum absolute atomic E-state index is 4.49. The van der Waals surface area contributed by atoms with Gasteiger partial charge in [-0.1, -0.05) is 12.1 Å². The summed E-state index contributed by atoms with van der Waals surface area (Å²) in [6, 6.07) is 8.90. The summed E-state index contributed by atoms with van der Waals surface area (Å²) in [5, 5.41) is 7.94. The number of aromatic nitrogens is 1. The molecular weight excluding hydrogens is 272 g/mol. The van der Waals surface area contributed by atoms with Gasteiger partial charge in [0.25, 0.3) is 0 Å². The molecule has 0 amide bonds. The lowest BCUT2D eigenvalue weighted by Crippen LogP contribution is -2.04. The van der Waals surface area contributed by atoms with Crippen molar-refractivity contribution in [2.45, 2.75) is 20.3 Å². The third-order valence-corrected chi connectivity index (χ3v) is 5.16. The van der Waals surface area contributed by atoms with E-state index in [2.05, 4.69) is 53.8 Å². The van der Waals surface area contributed by atoms with Crippen molar-refractivity contribution >= 4 is 37.9 Å². The van der Waals surface area contributed by atoms with Crippen LogP contribution in [-0.4, -0.2) is 11.5 Å². The number of aryl methyl sites for hydroxylation is 2. The number of thiazole rings is 1. The highest BCUT2D eigenvalue weighted by Gasteiger charge is 2.03. The van der Waals surface area contributed by atoms with Gasteiger partial charge in [-0.2, -0.15) is 0 Å². The van der Waals surface area contributed by atoms with Crippen LogP contribution in [0.3, 0.4) is 0 Å². The van der Waals surface area contributed by atoms with Gasteiger partial charge in [0.2, 0.25) is 0 Å². The van der Waals surface area contributed by atoms with Crippen molar-refractivity contribution in [3.8, 4) is 0 Å². The molecule has 0 unspecified atom stereocenters. The van der Waals surface area contributed by atoms with Crippen molar-refractivity contribution in [1.82, 2.24) is 4.98 Å². The van der Waals surface area contributed by atoms with E-state index in [9.17, 15) is 0 Å². The van der Waals surface area contributed by atoms with Crippen molar-refractivity contribution in [3.63, 3.8) is 0 Å². The second kappa shape index (κ2) is 5.31. The fourth-order valence-electron chi connectivity index (χ4n) is 2.03. The first-order valence-electron chi connectivity index (χ1n) is 6.36. The number of thiophene rings is 1. The van der Waals surface area contributed by atoms with Crippen molar-refractivity contribution in [2.24, 2.45) is 0 Å². The Morgan fingerprint density at radius 2 is 2.11 bits per heavy atom. The standard InChI is InChI=1S/C15H16N2S2/c1-10-11(2)19-15(17-10)16-7-5-12-3-4-14-13(9-12)6-8-18-14/h3-4,6,8-9H,5,7H2,1-2H3,(H,16,17). The van der Waals surface area contributed by atoms with Crippen LogP contribution in [0.25, 0.3) is 10.1 Å². The molecule has 2 nitrogen and oxygen atoms in total. The first-order chi connectivity index (χ1) is 9.22. The largest absolute Gasteiger partial charge is 0.361 e. The molecule has 0 atom stereocenters. The lowest BCUT2D eigenvalue weighted by molar-refractivity contribution is 1.01. The molecule has 0 aliphatic rings. The Morgan fingerprint density at radius 1 is 1.21 bits per heavy atom. The number of anilines is 1. The van der Waals surface area contributed by atoms with Crippen LogP contribution >= 0.6 is 22.7 Å². The fourth-order valence-corrected chi connectivity index (χ4v) is 3.64. The Kier molecular flexibility index (Phi) is 3.53. The summed E-state index contributed by atoms with van der Waals surface area (Å²) in [7, 11) is 0. The van der Waals surface area contributed by atoms with E-state index >= 15 is 0 Å². The van der Waals surface area contributed by atoms with Gasteiger partial charge >= 0.3 is 0 Å². The van der Waals surface area contributed by atoms with E-state index in [1.165, 1.54) is 20.5 Å².